The molecule has 0 aromatic heterocycles. The molecule has 0 bridgehead atoms. The summed E-state index contributed by atoms with van der Waals surface area (Å²) in [4.78, 5) is 0. The number of aryl methyl sites for hydroxylation is 3. The number of benzene rings is 2. The van der Waals surface area contributed by atoms with Gasteiger partial charge in [-0.3, -0.25) is 0 Å². The summed E-state index contributed by atoms with van der Waals surface area (Å²) in [6.45, 7) is 6.55. The SMILES string of the molecule is CNC(c1c(C)cc(C)cc1C)C1Cc2ccccc2O1. The van der Waals surface area contributed by atoms with Gasteiger partial charge in [0.2, 0.25) is 0 Å². The van der Waals surface area contributed by atoms with Crippen LogP contribution in [0.1, 0.15) is 33.9 Å². The van der Waals surface area contributed by atoms with E-state index in [0.717, 1.165) is 12.2 Å². The van der Waals surface area contributed by atoms with E-state index in [1.807, 2.05) is 13.1 Å². The number of para-hydroxylation sites is 1. The fraction of sp³-hybridized carbons (Fsp3) is 0.368. The molecule has 2 aromatic carbocycles. The Balaban J connectivity index is 1.94. The molecule has 0 spiro atoms. The maximum absolute atomic E-state index is 6.19. The number of ether oxygens (including phenoxy) is 1. The van der Waals surface area contributed by atoms with Crippen LogP contribution >= 0.6 is 0 Å². The van der Waals surface area contributed by atoms with Gasteiger partial charge in [0.15, 0.2) is 0 Å². The third-order valence-electron chi connectivity index (χ3n) is 4.40. The second-order valence-electron chi connectivity index (χ2n) is 6.05. The fourth-order valence-corrected chi connectivity index (χ4v) is 3.59. The molecule has 0 aliphatic carbocycles. The molecule has 2 nitrogen and oxygen atoms in total. The maximum Gasteiger partial charge on any atom is 0.123 e. The molecular formula is C19H23NO. The van der Waals surface area contributed by atoms with Crippen molar-refractivity contribution in [2.24, 2.45) is 0 Å². The molecule has 1 N–H and O–H groups in total. The van der Waals surface area contributed by atoms with Crippen LogP contribution in [0.3, 0.4) is 0 Å². The summed E-state index contributed by atoms with van der Waals surface area (Å²) in [7, 11) is 2.02. The van der Waals surface area contributed by atoms with Gasteiger partial charge in [0.25, 0.3) is 0 Å². The predicted octanol–water partition coefficient (Wildman–Crippen LogP) is 3.88. The Kier molecular flexibility index (Phi) is 3.73. The topological polar surface area (TPSA) is 21.3 Å². The van der Waals surface area contributed by atoms with Crippen molar-refractivity contribution in [2.75, 3.05) is 7.05 Å². The van der Waals surface area contributed by atoms with E-state index >= 15 is 0 Å². The highest BCUT2D eigenvalue weighted by Crippen LogP contribution is 2.36. The van der Waals surface area contributed by atoms with Crippen LogP contribution in [0.15, 0.2) is 36.4 Å². The molecule has 2 unspecified atom stereocenters. The Morgan fingerprint density at radius 1 is 1.10 bits per heavy atom. The number of hydrogen-bond acceptors (Lipinski definition) is 2. The smallest absolute Gasteiger partial charge is 0.123 e. The molecule has 1 aliphatic rings. The summed E-state index contributed by atoms with van der Waals surface area (Å²) in [5.41, 5.74) is 6.68. The van der Waals surface area contributed by atoms with Crippen molar-refractivity contribution in [2.45, 2.75) is 39.3 Å². The molecule has 21 heavy (non-hydrogen) atoms. The van der Waals surface area contributed by atoms with Gasteiger partial charge in [0.05, 0.1) is 6.04 Å². The highest BCUT2D eigenvalue weighted by molar-refractivity contribution is 5.43. The first kappa shape index (κ1) is 14.2. The number of rotatable bonds is 3. The van der Waals surface area contributed by atoms with Crippen molar-refractivity contribution in [1.29, 1.82) is 0 Å². The van der Waals surface area contributed by atoms with E-state index in [-0.39, 0.29) is 12.1 Å². The highest BCUT2D eigenvalue weighted by atomic mass is 16.5. The zero-order chi connectivity index (χ0) is 15.0. The number of fused-ring (bicyclic) bond motifs is 1. The summed E-state index contributed by atoms with van der Waals surface area (Å²) in [5.74, 6) is 1.03. The lowest BCUT2D eigenvalue weighted by Gasteiger charge is -2.27. The quantitative estimate of drug-likeness (QED) is 0.922. The molecule has 0 saturated carbocycles. The summed E-state index contributed by atoms with van der Waals surface area (Å²) < 4.78 is 6.19. The van der Waals surface area contributed by atoms with Gasteiger partial charge in [-0.1, -0.05) is 35.9 Å². The maximum atomic E-state index is 6.19. The monoisotopic (exact) mass is 281 g/mol. The lowest BCUT2D eigenvalue weighted by Crippen LogP contribution is -2.33. The van der Waals surface area contributed by atoms with Gasteiger partial charge in [-0.2, -0.15) is 0 Å². The predicted molar refractivity (Wildman–Crippen MR) is 87.0 cm³/mol. The fourth-order valence-electron chi connectivity index (χ4n) is 3.59. The molecular weight excluding hydrogens is 258 g/mol. The van der Waals surface area contributed by atoms with Crippen LogP contribution in [0.4, 0.5) is 0 Å². The Hall–Kier alpha value is -1.80. The van der Waals surface area contributed by atoms with Gasteiger partial charge in [-0.25, -0.2) is 0 Å². The average Bonchev–Trinajstić information content (AvgIpc) is 2.85. The normalized spacial score (nSPS) is 18.2. The van der Waals surface area contributed by atoms with Crippen LogP contribution < -0.4 is 10.1 Å². The summed E-state index contributed by atoms with van der Waals surface area (Å²) in [5, 5.41) is 3.47. The minimum atomic E-state index is 0.160. The molecule has 0 fully saturated rings. The Bertz CT molecular complexity index is 614. The summed E-state index contributed by atoms with van der Waals surface area (Å²) >= 11 is 0. The lowest BCUT2D eigenvalue weighted by molar-refractivity contribution is 0.183. The Morgan fingerprint density at radius 2 is 1.76 bits per heavy atom. The number of likely N-dealkylation sites (N-methyl/N-ethyl adjacent to an activating group) is 1. The van der Waals surface area contributed by atoms with Crippen molar-refractivity contribution in [1.82, 2.24) is 5.32 Å². The van der Waals surface area contributed by atoms with Crippen LogP contribution in [0.2, 0.25) is 0 Å². The van der Waals surface area contributed by atoms with Gasteiger partial charge in [0, 0.05) is 6.42 Å². The van der Waals surface area contributed by atoms with E-state index in [1.54, 1.807) is 0 Å². The van der Waals surface area contributed by atoms with E-state index in [2.05, 4.69) is 56.4 Å². The van der Waals surface area contributed by atoms with Gasteiger partial charge in [-0.15, -0.1) is 0 Å². The van der Waals surface area contributed by atoms with Gasteiger partial charge in [-0.05, 0) is 56.1 Å². The summed E-state index contributed by atoms with van der Waals surface area (Å²) in [6, 6.07) is 13.1. The molecule has 110 valence electrons. The van der Waals surface area contributed by atoms with Gasteiger partial charge < -0.3 is 10.1 Å². The van der Waals surface area contributed by atoms with Gasteiger partial charge in [0.1, 0.15) is 11.9 Å². The second kappa shape index (κ2) is 5.53. The minimum absolute atomic E-state index is 0.160. The molecule has 0 saturated heterocycles. The molecule has 3 rings (SSSR count). The van der Waals surface area contributed by atoms with Crippen LogP contribution in [0.5, 0.6) is 5.75 Å². The van der Waals surface area contributed by atoms with E-state index < -0.39 is 0 Å². The van der Waals surface area contributed by atoms with E-state index in [0.29, 0.717) is 0 Å². The van der Waals surface area contributed by atoms with E-state index in [4.69, 9.17) is 4.74 Å². The standard InChI is InChI=1S/C19H23NO/c1-12-9-13(2)18(14(3)10-12)19(20-4)17-11-15-7-5-6-8-16(15)21-17/h5-10,17,19-20H,11H2,1-4H3. The zero-order valence-electron chi connectivity index (χ0n) is 13.2. The van der Waals surface area contributed by atoms with Crippen molar-refractivity contribution in [3.05, 3.63) is 64.2 Å². The molecule has 0 radical (unpaired) electrons. The van der Waals surface area contributed by atoms with Crippen LogP contribution in [-0.2, 0) is 6.42 Å². The zero-order valence-corrected chi connectivity index (χ0v) is 13.2. The lowest BCUT2D eigenvalue weighted by atomic mass is 9.90. The number of hydrogen-bond donors (Lipinski definition) is 1. The minimum Gasteiger partial charge on any atom is -0.488 e. The third-order valence-corrected chi connectivity index (χ3v) is 4.40. The Labute approximate surface area is 127 Å². The summed E-state index contributed by atoms with van der Waals surface area (Å²) in [6.07, 6.45) is 1.13. The third kappa shape index (κ3) is 2.56. The van der Waals surface area contributed by atoms with E-state index in [9.17, 15) is 0 Å². The largest absolute Gasteiger partial charge is 0.488 e. The second-order valence-corrected chi connectivity index (χ2v) is 6.05. The van der Waals surface area contributed by atoms with Crippen molar-refractivity contribution >= 4 is 0 Å². The average molecular weight is 281 g/mol. The van der Waals surface area contributed by atoms with Crippen LogP contribution in [0, 0.1) is 20.8 Å². The Morgan fingerprint density at radius 3 is 2.38 bits per heavy atom. The highest BCUT2D eigenvalue weighted by Gasteiger charge is 2.31. The van der Waals surface area contributed by atoms with Crippen molar-refractivity contribution in [3.8, 4) is 5.75 Å². The first-order chi connectivity index (χ1) is 10.1. The van der Waals surface area contributed by atoms with Crippen molar-refractivity contribution < 1.29 is 4.74 Å². The molecule has 0 amide bonds. The van der Waals surface area contributed by atoms with Crippen LogP contribution in [-0.4, -0.2) is 13.2 Å². The molecule has 2 atom stereocenters. The first-order valence-electron chi connectivity index (χ1n) is 7.59. The molecule has 2 heteroatoms. The molecule has 2 aromatic rings. The molecule has 1 aliphatic heterocycles. The van der Waals surface area contributed by atoms with Crippen molar-refractivity contribution in [3.63, 3.8) is 0 Å². The van der Waals surface area contributed by atoms with Crippen LogP contribution in [0.25, 0.3) is 0 Å². The van der Waals surface area contributed by atoms with Gasteiger partial charge >= 0.3 is 0 Å². The number of nitrogens with one attached hydrogen (secondary N) is 1. The molecule has 1 heterocycles. The van der Waals surface area contributed by atoms with E-state index in [1.165, 1.54) is 27.8 Å². The first-order valence-corrected chi connectivity index (χ1v) is 7.59.